The molecule has 2 aliphatic rings. The minimum Gasteiger partial charge on any atom is -0.497 e. The first-order chi connectivity index (χ1) is 13.9. The van der Waals surface area contributed by atoms with Crippen LogP contribution in [0.4, 0.5) is 0 Å². The zero-order valence-electron chi connectivity index (χ0n) is 16.3. The summed E-state index contributed by atoms with van der Waals surface area (Å²) in [6.45, 7) is 1.52. The van der Waals surface area contributed by atoms with Gasteiger partial charge in [-0.25, -0.2) is 9.59 Å². The number of carbonyl (C=O) groups is 3. The normalized spacial score (nSPS) is 25.2. The van der Waals surface area contributed by atoms with Gasteiger partial charge in [-0.1, -0.05) is 18.2 Å². The van der Waals surface area contributed by atoms with Crippen molar-refractivity contribution in [2.75, 3.05) is 7.11 Å². The lowest BCUT2D eigenvalue weighted by molar-refractivity contribution is -0.152. The summed E-state index contributed by atoms with van der Waals surface area (Å²) in [4.78, 5) is 35.8. The Morgan fingerprint density at radius 1 is 1.28 bits per heavy atom. The van der Waals surface area contributed by atoms with E-state index in [9.17, 15) is 19.5 Å². The van der Waals surface area contributed by atoms with Gasteiger partial charge in [0.25, 0.3) is 0 Å². The van der Waals surface area contributed by atoms with E-state index in [1.165, 1.54) is 19.1 Å². The van der Waals surface area contributed by atoms with Gasteiger partial charge in [0.15, 0.2) is 11.9 Å². The highest BCUT2D eigenvalue weighted by atomic mass is 16.6. The number of esters is 2. The largest absolute Gasteiger partial charge is 0.497 e. The lowest BCUT2D eigenvalue weighted by Crippen LogP contribution is -2.35. The van der Waals surface area contributed by atoms with Gasteiger partial charge in [-0.05, 0) is 43.0 Å². The van der Waals surface area contributed by atoms with Crippen molar-refractivity contribution in [1.82, 2.24) is 0 Å². The molecule has 1 unspecified atom stereocenters. The number of Topliss-reactive ketones (excluding diaryl/α,β-unsaturated/α-hetero) is 1. The van der Waals surface area contributed by atoms with Crippen LogP contribution in [0.25, 0.3) is 6.08 Å². The number of benzene rings is 1. The van der Waals surface area contributed by atoms with Gasteiger partial charge in [-0.3, -0.25) is 4.79 Å². The number of ether oxygens (including phenoxy) is 3. The number of hydrogen-bond acceptors (Lipinski definition) is 7. The average Bonchev–Trinajstić information content (AvgIpc) is 3.52. The van der Waals surface area contributed by atoms with Gasteiger partial charge in [0.1, 0.15) is 11.9 Å². The van der Waals surface area contributed by atoms with Crippen LogP contribution in [-0.4, -0.2) is 48.3 Å². The minimum atomic E-state index is -0.918. The smallest absolute Gasteiger partial charge is 0.331 e. The number of hydrogen-bond donors (Lipinski definition) is 1. The molecule has 0 bridgehead atoms. The molecule has 0 radical (unpaired) electrons. The molecule has 1 heterocycles. The van der Waals surface area contributed by atoms with Gasteiger partial charge in [0.05, 0.1) is 13.2 Å². The van der Waals surface area contributed by atoms with Crippen LogP contribution in [0.15, 0.2) is 42.5 Å². The lowest BCUT2D eigenvalue weighted by Gasteiger charge is -2.24. The fourth-order valence-electron chi connectivity index (χ4n) is 3.39. The molecule has 154 valence electrons. The molecular formula is C22H24O7. The molecule has 0 amide bonds. The highest BCUT2D eigenvalue weighted by Crippen LogP contribution is 2.44. The van der Waals surface area contributed by atoms with Crippen LogP contribution in [0.5, 0.6) is 5.75 Å². The second-order valence-corrected chi connectivity index (χ2v) is 7.20. The monoisotopic (exact) mass is 400 g/mol. The highest BCUT2D eigenvalue weighted by molar-refractivity contribution is 5.93. The number of aliphatic hydroxyl groups is 1. The fraction of sp³-hybridized carbons (Fsp3) is 0.409. The van der Waals surface area contributed by atoms with E-state index < -0.39 is 36.2 Å². The maximum atomic E-state index is 12.5. The van der Waals surface area contributed by atoms with Gasteiger partial charge in [-0.2, -0.15) is 0 Å². The van der Waals surface area contributed by atoms with Crippen LogP contribution in [0, 0.1) is 11.8 Å². The van der Waals surface area contributed by atoms with Crippen molar-refractivity contribution in [3.63, 3.8) is 0 Å². The van der Waals surface area contributed by atoms with Crippen LogP contribution in [0.1, 0.15) is 25.3 Å². The number of rotatable bonds is 8. The topological polar surface area (TPSA) is 99.1 Å². The summed E-state index contributed by atoms with van der Waals surface area (Å²) in [7, 11) is 1.57. The molecule has 1 saturated carbocycles. The second kappa shape index (κ2) is 9.05. The van der Waals surface area contributed by atoms with Crippen LogP contribution in [-0.2, 0) is 23.9 Å². The Morgan fingerprint density at radius 2 is 2.00 bits per heavy atom. The Labute approximate surface area is 168 Å². The van der Waals surface area contributed by atoms with E-state index in [0.29, 0.717) is 18.6 Å². The standard InChI is InChI=1S/C22H24O7/c1-13(28-20(24)11-8-14-6-9-15(27-2)10-7-14)21(25)16-12-17(16)22(26)18-4-3-5-19(23)29-18/h3,5-11,13,16-18,22,26H,4,12H2,1-2H3/b11-8+/t13-,16-,17?,18+,22-/m1/s1. The first kappa shape index (κ1) is 20.8. The molecule has 7 heteroatoms. The van der Waals surface area contributed by atoms with Gasteiger partial charge < -0.3 is 19.3 Å². The zero-order valence-corrected chi connectivity index (χ0v) is 16.3. The van der Waals surface area contributed by atoms with Crippen LogP contribution in [0.2, 0.25) is 0 Å². The average molecular weight is 400 g/mol. The van der Waals surface area contributed by atoms with Crippen LogP contribution in [0.3, 0.4) is 0 Å². The zero-order chi connectivity index (χ0) is 21.0. The number of aliphatic hydroxyl groups excluding tert-OH is 1. The summed E-state index contributed by atoms with van der Waals surface area (Å²) < 4.78 is 15.4. The maximum Gasteiger partial charge on any atom is 0.331 e. The molecule has 1 N–H and O–H groups in total. The van der Waals surface area contributed by atoms with E-state index in [1.807, 2.05) is 0 Å². The van der Waals surface area contributed by atoms with E-state index in [-0.39, 0.29) is 11.7 Å². The van der Waals surface area contributed by atoms with Crippen molar-refractivity contribution >= 4 is 23.8 Å². The van der Waals surface area contributed by atoms with Crippen molar-refractivity contribution in [1.29, 1.82) is 0 Å². The highest BCUT2D eigenvalue weighted by Gasteiger charge is 2.51. The van der Waals surface area contributed by atoms with E-state index in [2.05, 4.69) is 0 Å². The Kier molecular flexibility index (Phi) is 6.49. The van der Waals surface area contributed by atoms with Gasteiger partial charge in [0, 0.05) is 24.5 Å². The van der Waals surface area contributed by atoms with Crippen LogP contribution < -0.4 is 4.74 Å². The third kappa shape index (κ3) is 5.32. The molecule has 1 aliphatic heterocycles. The van der Waals surface area contributed by atoms with Crippen molar-refractivity contribution < 1.29 is 33.7 Å². The van der Waals surface area contributed by atoms with E-state index in [0.717, 1.165) is 5.56 Å². The van der Waals surface area contributed by atoms with Crippen molar-refractivity contribution in [3.8, 4) is 5.75 Å². The molecule has 1 aromatic rings. The quantitative estimate of drug-likeness (QED) is 0.527. The summed E-state index contributed by atoms with van der Waals surface area (Å²) >= 11 is 0. The second-order valence-electron chi connectivity index (χ2n) is 7.20. The first-order valence-electron chi connectivity index (χ1n) is 9.50. The van der Waals surface area contributed by atoms with Crippen molar-refractivity contribution in [2.45, 2.75) is 38.1 Å². The van der Waals surface area contributed by atoms with Gasteiger partial charge >= 0.3 is 11.9 Å². The van der Waals surface area contributed by atoms with Crippen molar-refractivity contribution in [2.24, 2.45) is 11.8 Å². The third-order valence-electron chi connectivity index (χ3n) is 5.14. The van der Waals surface area contributed by atoms with E-state index in [4.69, 9.17) is 14.2 Å². The molecule has 5 atom stereocenters. The molecule has 0 aromatic heterocycles. The molecular weight excluding hydrogens is 376 g/mol. The predicted molar refractivity (Wildman–Crippen MR) is 104 cm³/mol. The fourth-order valence-corrected chi connectivity index (χ4v) is 3.39. The van der Waals surface area contributed by atoms with E-state index >= 15 is 0 Å². The number of ketones is 1. The first-order valence-corrected chi connectivity index (χ1v) is 9.50. The van der Waals surface area contributed by atoms with Gasteiger partial charge in [0.2, 0.25) is 0 Å². The summed E-state index contributed by atoms with van der Waals surface area (Å²) in [5.41, 5.74) is 0.795. The van der Waals surface area contributed by atoms with Crippen LogP contribution >= 0.6 is 0 Å². The molecule has 7 nitrogen and oxygen atoms in total. The third-order valence-corrected chi connectivity index (χ3v) is 5.14. The summed E-state index contributed by atoms with van der Waals surface area (Å²) in [5, 5.41) is 10.4. The molecule has 3 rings (SSSR count). The SMILES string of the molecule is COc1ccc(/C=C/C(=O)O[C@H](C)C(=O)[C@@H]2CC2[C@@H](O)[C@@H]2CC=CC(=O)O2)cc1. The molecule has 1 aliphatic carbocycles. The Morgan fingerprint density at radius 3 is 2.66 bits per heavy atom. The Balaban J connectivity index is 1.47. The minimum absolute atomic E-state index is 0.238. The summed E-state index contributed by atoms with van der Waals surface area (Å²) in [5.74, 6) is -1.33. The van der Waals surface area contributed by atoms with Gasteiger partial charge in [-0.15, -0.1) is 0 Å². The summed E-state index contributed by atoms with van der Waals surface area (Å²) in [6.07, 6.45) is 4.27. The molecule has 0 spiro atoms. The van der Waals surface area contributed by atoms with Crippen molar-refractivity contribution in [3.05, 3.63) is 48.1 Å². The molecule has 0 saturated heterocycles. The molecule has 1 fully saturated rings. The predicted octanol–water partition coefficient (Wildman–Crippen LogP) is 2.08. The number of methoxy groups -OCH3 is 1. The Hall–Kier alpha value is -2.93. The Bertz CT molecular complexity index is 824. The van der Waals surface area contributed by atoms with E-state index in [1.54, 1.807) is 43.5 Å². The number of carbonyl (C=O) groups excluding carboxylic acids is 3. The lowest BCUT2D eigenvalue weighted by atomic mass is 10.0. The molecule has 1 aromatic carbocycles. The number of cyclic esters (lactones) is 1. The molecule has 29 heavy (non-hydrogen) atoms. The summed E-state index contributed by atoms with van der Waals surface area (Å²) in [6, 6.07) is 7.13. The maximum absolute atomic E-state index is 12.5.